The number of carboxylic acid groups (broad SMARTS) is 1. The van der Waals surface area contributed by atoms with Crippen molar-refractivity contribution in [1.29, 1.82) is 0 Å². The predicted octanol–water partition coefficient (Wildman–Crippen LogP) is -2.53. The van der Waals surface area contributed by atoms with Gasteiger partial charge in [0.15, 0.2) is 6.23 Å². The molecule has 2 fully saturated rings. The van der Waals surface area contributed by atoms with E-state index in [9.17, 15) is 24.6 Å². The van der Waals surface area contributed by atoms with Crippen LogP contribution in [-0.2, 0) is 19.1 Å². The van der Waals surface area contributed by atoms with Crippen LogP contribution in [0.3, 0.4) is 0 Å². The molecule has 0 bridgehead atoms. The van der Waals surface area contributed by atoms with Gasteiger partial charge in [0.2, 0.25) is 5.91 Å². The highest BCUT2D eigenvalue weighted by molar-refractivity contribution is 6.01. The number of amides is 3. The van der Waals surface area contributed by atoms with Crippen molar-refractivity contribution >= 4 is 17.9 Å². The molecule has 0 aromatic heterocycles. The van der Waals surface area contributed by atoms with Gasteiger partial charge < -0.3 is 24.8 Å². The van der Waals surface area contributed by atoms with Gasteiger partial charge in [0.1, 0.15) is 24.4 Å². The first-order valence-electron chi connectivity index (χ1n) is 6.22. The lowest BCUT2D eigenvalue weighted by Crippen LogP contribution is -2.63. The molecule has 10 nitrogen and oxygen atoms in total. The van der Waals surface area contributed by atoms with Crippen LogP contribution < -0.4 is 5.32 Å². The summed E-state index contributed by atoms with van der Waals surface area (Å²) in [6.45, 7) is -0.0408. The number of carbonyl (C=O) groups excluding carboxylic acids is 2. The van der Waals surface area contributed by atoms with Crippen molar-refractivity contribution in [3.05, 3.63) is 0 Å². The third kappa shape index (κ3) is 2.83. The Balaban J connectivity index is 2.23. The van der Waals surface area contributed by atoms with Gasteiger partial charge in [0.25, 0.3) is 0 Å². The molecule has 10 heteroatoms. The molecule has 0 saturated carbocycles. The molecule has 3 amide bonds. The number of imide groups is 1. The molecule has 2 heterocycles. The van der Waals surface area contributed by atoms with E-state index in [1.807, 2.05) is 5.32 Å². The second kappa shape index (κ2) is 5.93. The number of aliphatic hydroxyl groups excluding tert-OH is 2. The summed E-state index contributed by atoms with van der Waals surface area (Å²) in [7, 11) is 1.36. The van der Waals surface area contributed by atoms with Crippen molar-refractivity contribution in [3.63, 3.8) is 0 Å². The fourth-order valence-electron chi connectivity index (χ4n) is 2.41. The molecule has 2 saturated heterocycles. The Bertz CT molecular complexity index is 456. The average molecular weight is 304 g/mol. The van der Waals surface area contributed by atoms with Gasteiger partial charge in [-0.2, -0.15) is 0 Å². The minimum Gasteiger partial charge on any atom is -0.480 e. The van der Waals surface area contributed by atoms with E-state index in [0.717, 1.165) is 0 Å². The van der Waals surface area contributed by atoms with Crippen molar-refractivity contribution in [2.24, 2.45) is 0 Å². The Hall–Kier alpha value is -1.75. The first-order valence-corrected chi connectivity index (χ1v) is 6.22. The molecule has 0 aliphatic carbocycles. The second-order valence-corrected chi connectivity index (χ2v) is 4.82. The molecule has 0 aromatic rings. The molecule has 2 rings (SSSR count). The number of urea groups is 1. The molecule has 2 aliphatic heterocycles. The van der Waals surface area contributed by atoms with E-state index in [1.54, 1.807) is 0 Å². The van der Waals surface area contributed by atoms with Crippen LogP contribution in [0.5, 0.6) is 0 Å². The smallest absolute Gasteiger partial charge is 0.327 e. The van der Waals surface area contributed by atoms with Crippen LogP contribution in [0.25, 0.3) is 0 Å². The average Bonchev–Trinajstić information content (AvgIpc) is 2.67. The van der Waals surface area contributed by atoms with Crippen molar-refractivity contribution in [2.45, 2.75) is 37.0 Å². The fourth-order valence-corrected chi connectivity index (χ4v) is 2.41. The predicted molar refractivity (Wildman–Crippen MR) is 64.0 cm³/mol. The Labute approximate surface area is 119 Å². The number of aliphatic hydroxyl groups is 2. The first-order chi connectivity index (χ1) is 9.86. The van der Waals surface area contributed by atoms with E-state index >= 15 is 0 Å². The van der Waals surface area contributed by atoms with Crippen molar-refractivity contribution in [3.8, 4) is 0 Å². The summed E-state index contributed by atoms with van der Waals surface area (Å²) >= 11 is 0. The van der Waals surface area contributed by atoms with E-state index in [1.165, 1.54) is 7.11 Å². The zero-order chi connectivity index (χ0) is 15.7. The number of carbonyl (C=O) groups is 3. The number of hydrogen-bond donors (Lipinski definition) is 4. The minimum absolute atomic E-state index is 0.0408. The SMILES string of the molecule is COC[C@H]1O[C@@H](N2C(=O)NC(=O)CC2C(=O)O)C(O)[C@H]1O. The maximum absolute atomic E-state index is 11.8. The molecule has 21 heavy (non-hydrogen) atoms. The first kappa shape index (κ1) is 15.6. The Morgan fingerprint density at radius 3 is 2.67 bits per heavy atom. The summed E-state index contributed by atoms with van der Waals surface area (Å²) in [6, 6.07) is -2.47. The van der Waals surface area contributed by atoms with Crippen molar-refractivity contribution < 1.29 is 39.2 Å². The molecule has 2 aliphatic rings. The largest absolute Gasteiger partial charge is 0.480 e. The summed E-state index contributed by atoms with van der Waals surface area (Å²) in [5, 5.41) is 30.9. The zero-order valence-corrected chi connectivity index (χ0v) is 11.1. The van der Waals surface area contributed by atoms with Crippen LogP contribution in [-0.4, -0.2) is 82.4 Å². The lowest BCUT2D eigenvalue weighted by atomic mass is 10.1. The van der Waals surface area contributed by atoms with E-state index in [-0.39, 0.29) is 6.61 Å². The number of rotatable bonds is 4. The van der Waals surface area contributed by atoms with Crippen LogP contribution >= 0.6 is 0 Å². The number of carboxylic acids is 1. The molecule has 2 unspecified atom stereocenters. The van der Waals surface area contributed by atoms with Gasteiger partial charge in [-0.3, -0.25) is 15.0 Å². The topological polar surface area (TPSA) is 146 Å². The molecule has 0 radical (unpaired) electrons. The lowest BCUT2D eigenvalue weighted by molar-refractivity contribution is -0.156. The highest BCUT2D eigenvalue weighted by atomic mass is 16.6. The Morgan fingerprint density at radius 1 is 1.43 bits per heavy atom. The summed E-state index contributed by atoms with van der Waals surface area (Å²) in [4.78, 5) is 35.0. The third-order valence-corrected chi connectivity index (χ3v) is 3.42. The number of hydrogen-bond acceptors (Lipinski definition) is 7. The van der Waals surface area contributed by atoms with Gasteiger partial charge >= 0.3 is 12.0 Å². The van der Waals surface area contributed by atoms with Crippen molar-refractivity contribution in [1.82, 2.24) is 10.2 Å². The van der Waals surface area contributed by atoms with Crippen LogP contribution in [0.1, 0.15) is 6.42 Å². The van der Waals surface area contributed by atoms with E-state index in [0.29, 0.717) is 4.90 Å². The van der Waals surface area contributed by atoms with Gasteiger partial charge in [-0.05, 0) is 0 Å². The number of nitrogens with one attached hydrogen (secondary N) is 1. The minimum atomic E-state index is -1.51. The number of aliphatic carboxylic acids is 1. The molecular formula is C11H16N2O8. The third-order valence-electron chi connectivity index (χ3n) is 3.42. The zero-order valence-electron chi connectivity index (χ0n) is 11.1. The number of methoxy groups -OCH3 is 1. The highest BCUT2D eigenvalue weighted by Gasteiger charge is 2.51. The summed E-state index contributed by atoms with van der Waals surface area (Å²) < 4.78 is 10.1. The summed E-state index contributed by atoms with van der Waals surface area (Å²) in [5.74, 6) is -2.14. The van der Waals surface area contributed by atoms with Gasteiger partial charge in [0, 0.05) is 7.11 Å². The molecule has 5 atom stereocenters. The number of nitrogens with zero attached hydrogens (tertiary/aromatic N) is 1. The lowest BCUT2D eigenvalue weighted by Gasteiger charge is -2.37. The van der Waals surface area contributed by atoms with Crippen LogP contribution in [0.4, 0.5) is 4.79 Å². The maximum Gasteiger partial charge on any atom is 0.327 e. The quantitative estimate of drug-likeness (QED) is 0.445. The summed E-state index contributed by atoms with van der Waals surface area (Å²) in [6.07, 6.45) is -5.59. The van der Waals surface area contributed by atoms with E-state index in [2.05, 4.69) is 0 Å². The Kier molecular flexibility index (Phi) is 4.42. The van der Waals surface area contributed by atoms with Gasteiger partial charge in [0.05, 0.1) is 13.0 Å². The normalized spacial score (nSPS) is 36.7. The standard InChI is InChI=1S/C11H16N2O8/c1-20-3-5-7(15)8(16)9(21-5)13-4(10(17)18)2-6(14)12-11(13)19/h4-5,7-9,15-16H,2-3H2,1H3,(H,17,18)(H,12,14,19)/t4?,5-,7+,8?,9-/m1/s1. The highest BCUT2D eigenvalue weighted by Crippen LogP contribution is 2.28. The monoisotopic (exact) mass is 304 g/mol. The van der Waals surface area contributed by atoms with Gasteiger partial charge in [-0.25, -0.2) is 9.59 Å². The van der Waals surface area contributed by atoms with Crippen molar-refractivity contribution in [2.75, 3.05) is 13.7 Å². The van der Waals surface area contributed by atoms with Crippen LogP contribution in [0, 0.1) is 0 Å². The second-order valence-electron chi connectivity index (χ2n) is 4.82. The van der Waals surface area contributed by atoms with Crippen LogP contribution in [0.2, 0.25) is 0 Å². The summed E-state index contributed by atoms with van der Waals surface area (Å²) in [5.41, 5.74) is 0. The molecular weight excluding hydrogens is 288 g/mol. The van der Waals surface area contributed by atoms with Gasteiger partial charge in [-0.15, -0.1) is 0 Å². The number of ether oxygens (including phenoxy) is 2. The fraction of sp³-hybridized carbons (Fsp3) is 0.727. The van der Waals surface area contributed by atoms with Gasteiger partial charge in [-0.1, -0.05) is 0 Å². The molecule has 4 N–H and O–H groups in total. The molecule has 0 spiro atoms. The molecule has 0 aromatic carbocycles. The molecule has 118 valence electrons. The van der Waals surface area contributed by atoms with E-state index in [4.69, 9.17) is 14.6 Å². The van der Waals surface area contributed by atoms with Crippen LogP contribution in [0.15, 0.2) is 0 Å². The Morgan fingerprint density at radius 2 is 2.10 bits per heavy atom. The van der Waals surface area contributed by atoms with E-state index < -0.39 is 54.9 Å². The maximum atomic E-state index is 11.8.